The molecule has 1 N–H and O–H groups in total. The minimum Gasteiger partial charge on any atom is -0.377 e. The van der Waals surface area contributed by atoms with E-state index in [-0.39, 0.29) is 23.3 Å². The molecular formula is C28H28F3N3O4S. The molecule has 1 fully saturated rings. The fourth-order valence-electron chi connectivity index (χ4n) is 5.40. The van der Waals surface area contributed by atoms with Crippen molar-refractivity contribution in [2.45, 2.75) is 25.6 Å². The van der Waals surface area contributed by atoms with Gasteiger partial charge in [-0.3, -0.25) is 9.78 Å². The molecule has 2 aliphatic heterocycles. The second-order valence-corrected chi connectivity index (χ2v) is 12.3. The first-order valence-electron chi connectivity index (χ1n) is 12.5. The van der Waals surface area contributed by atoms with Crippen LogP contribution in [0.1, 0.15) is 27.2 Å². The van der Waals surface area contributed by atoms with E-state index in [0.717, 1.165) is 40.2 Å². The second-order valence-electron chi connectivity index (χ2n) is 10.1. The number of halogens is 3. The number of aryl methyl sites for hydroxylation is 1. The number of ether oxygens (including phenoxy) is 1. The van der Waals surface area contributed by atoms with Crippen LogP contribution in [0.3, 0.4) is 0 Å². The zero-order chi connectivity index (χ0) is 27.9. The molecule has 2 atom stereocenters. The highest BCUT2D eigenvalue weighted by molar-refractivity contribution is 7.90. The van der Waals surface area contributed by atoms with Gasteiger partial charge in [0.05, 0.1) is 25.0 Å². The molecule has 39 heavy (non-hydrogen) atoms. The number of rotatable bonds is 5. The molecule has 0 bridgehead atoms. The minimum atomic E-state index is -4.65. The van der Waals surface area contributed by atoms with E-state index in [9.17, 15) is 26.4 Å². The summed E-state index contributed by atoms with van der Waals surface area (Å²) in [4.78, 5) is 18.3. The molecule has 7 nitrogen and oxygen atoms in total. The Kier molecular flexibility index (Phi) is 7.15. The Morgan fingerprint density at radius 2 is 1.95 bits per heavy atom. The molecule has 0 radical (unpaired) electrons. The fourth-order valence-corrected chi connectivity index (χ4v) is 6.52. The zero-order valence-electron chi connectivity index (χ0n) is 21.5. The molecular weight excluding hydrogens is 531 g/mol. The Hall–Kier alpha value is -3.44. The second kappa shape index (κ2) is 10.3. The predicted molar refractivity (Wildman–Crippen MR) is 143 cm³/mol. The van der Waals surface area contributed by atoms with Gasteiger partial charge in [-0.05, 0) is 71.8 Å². The summed E-state index contributed by atoms with van der Waals surface area (Å²) in [5.74, 6) is -0.636. The van der Waals surface area contributed by atoms with Crippen molar-refractivity contribution in [1.82, 2.24) is 4.98 Å². The van der Waals surface area contributed by atoms with Crippen LogP contribution < -0.4 is 10.2 Å². The lowest BCUT2D eigenvalue weighted by Crippen LogP contribution is -2.54. The number of hydrogen-bond donors (Lipinski definition) is 1. The standard InChI is InChI=1S/C28H28F3N3O4S/c1-17-3-6-22(33-27(35)20-7-8-32-26(13-20)28(29,30)31)14-23(17)18-4-5-19-11-21(16-39(2,36)37)25-15-38-10-9-34(25)24(19)12-18/h3-8,12-14,21,25H,9-11,15-16H2,1-2H3,(H,33,35). The van der Waals surface area contributed by atoms with Gasteiger partial charge in [0.15, 0.2) is 0 Å². The molecule has 2 aromatic carbocycles. The predicted octanol–water partition coefficient (Wildman–Crippen LogP) is 4.75. The molecule has 1 aromatic heterocycles. The molecule has 1 saturated heterocycles. The average Bonchev–Trinajstić information content (AvgIpc) is 2.88. The van der Waals surface area contributed by atoms with Crippen LogP contribution in [0.2, 0.25) is 0 Å². The van der Waals surface area contributed by atoms with Crippen molar-refractivity contribution in [3.05, 3.63) is 77.1 Å². The van der Waals surface area contributed by atoms with E-state index >= 15 is 0 Å². The van der Waals surface area contributed by atoms with E-state index in [0.29, 0.717) is 31.9 Å². The third-order valence-electron chi connectivity index (χ3n) is 7.22. The lowest BCUT2D eigenvalue weighted by Gasteiger charge is -2.46. The van der Waals surface area contributed by atoms with Gasteiger partial charge in [0, 0.05) is 35.9 Å². The van der Waals surface area contributed by atoms with Crippen molar-refractivity contribution < 1.29 is 31.1 Å². The van der Waals surface area contributed by atoms with E-state index in [1.807, 2.05) is 25.1 Å². The zero-order valence-corrected chi connectivity index (χ0v) is 22.3. The van der Waals surface area contributed by atoms with Crippen LogP contribution in [0.4, 0.5) is 24.5 Å². The summed E-state index contributed by atoms with van der Waals surface area (Å²) in [6.45, 7) is 3.62. The van der Waals surface area contributed by atoms with Gasteiger partial charge in [-0.2, -0.15) is 13.2 Å². The van der Waals surface area contributed by atoms with Gasteiger partial charge in [0.25, 0.3) is 5.91 Å². The van der Waals surface area contributed by atoms with Gasteiger partial charge >= 0.3 is 6.18 Å². The Bertz CT molecular complexity index is 1520. The van der Waals surface area contributed by atoms with Crippen LogP contribution in [0.25, 0.3) is 11.1 Å². The molecule has 3 aromatic rings. The number of anilines is 2. The third-order valence-corrected chi connectivity index (χ3v) is 8.26. The maximum atomic E-state index is 13.0. The number of morpholine rings is 1. The van der Waals surface area contributed by atoms with Crippen LogP contribution in [0.5, 0.6) is 0 Å². The Balaban J connectivity index is 1.43. The van der Waals surface area contributed by atoms with Crippen LogP contribution >= 0.6 is 0 Å². The summed E-state index contributed by atoms with van der Waals surface area (Å²) >= 11 is 0. The fraction of sp³-hybridized carbons (Fsp3) is 0.357. The summed E-state index contributed by atoms with van der Waals surface area (Å²) in [7, 11) is -3.15. The Morgan fingerprint density at radius 3 is 2.69 bits per heavy atom. The number of aromatic nitrogens is 1. The molecule has 0 aliphatic carbocycles. The lowest BCUT2D eigenvalue weighted by atomic mass is 9.85. The van der Waals surface area contributed by atoms with Crippen molar-refractivity contribution in [2.75, 3.05) is 42.0 Å². The van der Waals surface area contributed by atoms with Crippen LogP contribution in [0.15, 0.2) is 54.7 Å². The van der Waals surface area contributed by atoms with Gasteiger partial charge in [-0.25, -0.2) is 8.42 Å². The largest absolute Gasteiger partial charge is 0.433 e. The van der Waals surface area contributed by atoms with Crippen molar-refractivity contribution >= 4 is 27.1 Å². The average molecular weight is 560 g/mol. The highest BCUT2D eigenvalue weighted by atomic mass is 32.2. The van der Waals surface area contributed by atoms with Crippen LogP contribution in [0, 0.1) is 12.8 Å². The van der Waals surface area contributed by atoms with Gasteiger partial charge < -0.3 is 15.0 Å². The van der Waals surface area contributed by atoms with Crippen LogP contribution in [-0.4, -0.2) is 57.1 Å². The van der Waals surface area contributed by atoms with E-state index in [1.165, 1.54) is 12.3 Å². The molecule has 5 rings (SSSR count). The lowest BCUT2D eigenvalue weighted by molar-refractivity contribution is -0.141. The number of nitrogens with one attached hydrogen (secondary N) is 1. The molecule has 3 heterocycles. The molecule has 206 valence electrons. The molecule has 11 heteroatoms. The number of hydrogen-bond acceptors (Lipinski definition) is 6. The number of nitrogens with zero attached hydrogens (tertiary/aromatic N) is 2. The van der Waals surface area contributed by atoms with Gasteiger partial charge in [0.1, 0.15) is 15.5 Å². The van der Waals surface area contributed by atoms with E-state index < -0.39 is 27.6 Å². The van der Waals surface area contributed by atoms with Gasteiger partial charge in [-0.15, -0.1) is 0 Å². The summed E-state index contributed by atoms with van der Waals surface area (Å²) in [5.41, 5.74) is 4.02. The van der Waals surface area contributed by atoms with Crippen LogP contribution in [-0.2, 0) is 27.2 Å². The molecule has 2 unspecified atom stereocenters. The SMILES string of the molecule is Cc1ccc(NC(=O)c2ccnc(C(F)(F)F)c2)cc1-c1ccc2c(c1)N1CCOCC1C(CS(C)(=O)=O)C2. The third kappa shape index (κ3) is 5.94. The van der Waals surface area contributed by atoms with E-state index in [4.69, 9.17) is 4.74 Å². The quantitative estimate of drug-likeness (QED) is 0.486. The van der Waals surface area contributed by atoms with Crippen molar-refractivity contribution in [2.24, 2.45) is 5.92 Å². The number of carbonyl (C=O) groups excluding carboxylic acids is 1. The number of benzene rings is 2. The highest BCUT2D eigenvalue weighted by Crippen LogP contribution is 2.39. The van der Waals surface area contributed by atoms with Crippen molar-refractivity contribution in [3.8, 4) is 11.1 Å². The van der Waals surface area contributed by atoms with E-state index in [2.05, 4.69) is 21.3 Å². The number of alkyl halides is 3. The maximum Gasteiger partial charge on any atom is 0.433 e. The summed E-state index contributed by atoms with van der Waals surface area (Å²) < 4.78 is 69.0. The normalized spacial score (nSPS) is 19.3. The van der Waals surface area contributed by atoms with Crippen molar-refractivity contribution in [3.63, 3.8) is 0 Å². The molecule has 2 aliphatic rings. The first-order valence-corrected chi connectivity index (χ1v) is 14.6. The first-order chi connectivity index (χ1) is 18.4. The number of fused-ring (bicyclic) bond motifs is 3. The number of sulfone groups is 1. The molecule has 0 spiro atoms. The summed E-state index contributed by atoms with van der Waals surface area (Å²) in [5, 5.41) is 2.69. The highest BCUT2D eigenvalue weighted by Gasteiger charge is 2.38. The number of carbonyl (C=O) groups is 1. The smallest absolute Gasteiger partial charge is 0.377 e. The monoisotopic (exact) mass is 559 g/mol. The van der Waals surface area contributed by atoms with E-state index in [1.54, 1.807) is 12.1 Å². The minimum absolute atomic E-state index is 0.0371. The molecule has 1 amide bonds. The molecule has 0 saturated carbocycles. The van der Waals surface area contributed by atoms with Gasteiger partial charge in [0.2, 0.25) is 0 Å². The summed E-state index contributed by atoms with van der Waals surface area (Å²) in [6, 6.07) is 13.3. The van der Waals surface area contributed by atoms with Gasteiger partial charge in [-0.1, -0.05) is 18.2 Å². The first kappa shape index (κ1) is 27.1. The number of pyridine rings is 1. The van der Waals surface area contributed by atoms with Crippen molar-refractivity contribution in [1.29, 1.82) is 0 Å². The topological polar surface area (TPSA) is 88.6 Å². The Labute approximate surface area is 224 Å². The number of amides is 1. The maximum absolute atomic E-state index is 13.0. The Morgan fingerprint density at radius 1 is 1.15 bits per heavy atom. The summed E-state index contributed by atoms with van der Waals surface area (Å²) in [6.07, 6.45) is -1.79.